The van der Waals surface area contributed by atoms with Crippen LogP contribution in [0.4, 0.5) is 0 Å². The van der Waals surface area contributed by atoms with Gasteiger partial charge < -0.3 is 5.11 Å². The van der Waals surface area contributed by atoms with E-state index in [1.165, 1.54) is 12.0 Å². The first-order chi connectivity index (χ1) is 6.85. The van der Waals surface area contributed by atoms with Gasteiger partial charge in [-0.05, 0) is 31.6 Å². The van der Waals surface area contributed by atoms with E-state index >= 15 is 0 Å². The molecule has 0 aromatic carbocycles. The van der Waals surface area contributed by atoms with Crippen molar-refractivity contribution in [2.24, 2.45) is 17.3 Å². The van der Waals surface area contributed by atoms with Crippen LogP contribution in [0.15, 0.2) is 23.8 Å². The number of hydrogen-bond acceptors (Lipinski definition) is 1. The Morgan fingerprint density at radius 1 is 1.53 bits per heavy atom. The zero-order valence-corrected chi connectivity index (χ0v) is 10.6. The van der Waals surface area contributed by atoms with Gasteiger partial charge in [0.05, 0.1) is 6.10 Å². The Kier molecular flexibility index (Phi) is 3.77. The average molecular weight is 208 g/mol. The van der Waals surface area contributed by atoms with E-state index in [1.54, 1.807) is 6.92 Å². The molecular formula is C14H24O. The summed E-state index contributed by atoms with van der Waals surface area (Å²) in [6.07, 6.45) is 7.25. The lowest BCUT2D eigenvalue weighted by Gasteiger charge is -2.42. The van der Waals surface area contributed by atoms with Crippen molar-refractivity contribution in [2.75, 3.05) is 0 Å². The van der Waals surface area contributed by atoms with Crippen LogP contribution < -0.4 is 0 Å². The van der Waals surface area contributed by atoms with E-state index in [0.717, 1.165) is 0 Å². The van der Waals surface area contributed by atoms with E-state index in [1.807, 2.05) is 6.08 Å². The molecule has 15 heavy (non-hydrogen) atoms. The van der Waals surface area contributed by atoms with Crippen molar-refractivity contribution in [1.29, 1.82) is 0 Å². The summed E-state index contributed by atoms with van der Waals surface area (Å²) in [5.74, 6) is 1.17. The van der Waals surface area contributed by atoms with Gasteiger partial charge in [0.1, 0.15) is 0 Å². The summed E-state index contributed by atoms with van der Waals surface area (Å²) in [6.45, 7) is 11.0. The standard InChI is InChI=1S/C14H24O/c1-10-6-7-11(2)14(4,5)13(10)9-8-12(3)15/h6,8-9,11-13,15H,7H2,1-5H3/t11-,12+,13+/m0/s1. The predicted octanol–water partition coefficient (Wildman–Crippen LogP) is 3.55. The predicted molar refractivity (Wildman–Crippen MR) is 65.6 cm³/mol. The molecule has 0 aliphatic heterocycles. The Labute approximate surface area is 93.9 Å². The summed E-state index contributed by atoms with van der Waals surface area (Å²) in [7, 11) is 0. The van der Waals surface area contributed by atoms with Crippen molar-refractivity contribution in [3.05, 3.63) is 23.8 Å². The van der Waals surface area contributed by atoms with Gasteiger partial charge in [-0.15, -0.1) is 0 Å². The third kappa shape index (κ3) is 2.72. The second-order valence-electron chi connectivity index (χ2n) is 5.51. The van der Waals surface area contributed by atoms with Gasteiger partial charge in [-0.1, -0.05) is 44.6 Å². The van der Waals surface area contributed by atoms with Crippen molar-refractivity contribution in [1.82, 2.24) is 0 Å². The molecule has 0 heterocycles. The highest BCUT2D eigenvalue weighted by molar-refractivity contribution is 5.20. The smallest absolute Gasteiger partial charge is 0.0692 e. The highest BCUT2D eigenvalue weighted by Crippen LogP contribution is 2.45. The molecule has 3 atom stereocenters. The van der Waals surface area contributed by atoms with E-state index in [2.05, 4.69) is 39.8 Å². The minimum absolute atomic E-state index is 0.296. The van der Waals surface area contributed by atoms with Crippen LogP contribution in [0, 0.1) is 17.3 Å². The molecule has 1 N–H and O–H groups in total. The molecule has 0 fully saturated rings. The SMILES string of the molecule is CC1=CC[C@H](C)C(C)(C)[C@@H]1C=C[C@@H](C)O. The van der Waals surface area contributed by atoms with Crippen LogP contribution >= 0.6 is 0 Å². The zero-order chi connectivity index (χ0) is 11.6. The van der Waals surface area contributed by atoms with Crippen molar-refractivity contribution in [2.45, 2.75) is 47.1 Å². The Morgan fingerprint density at radius 2 is 2.13 bits per heavy atom. The normalized spacial score (nSPS) is 32.8. The van der Waals surface area contributed by atoms with Crippen molar-refractivity contribution < 1.29 is 5.11 Å². The molecular weight excluding hydrogens is 184 g/mol. The fraction of sp³-hybridized carbons (Fsp3) is 0.714. The first kappa shape index (κ1) is 12.5. The van der Waals surface area contributed by atoms with Gasteiger partial charge in [-0.25, -0.2) is 0 Å². The average Bonchev–Trinajstić information content (AvgIpc) is 2.11. The number of aliphatic hydroxyl groups excluding tert-OH is 1. The molecule has 0 bridgehead atoms. The van der Waals surface area contributed by atoms with Crippen molar-refractivity contribution >= 4 is 0 Å². The molecule has 0 aromatic heterocycles. The molecule has 1 rings (SSSR count). The summed E-state index contributed by atoms with van der Waals surface area (Å²) in [6, 6.07) is 0. The summed E-state index contributed by atoms with van der Waals surface area (Å²) < 4.78 is 0. The molecule has 0 unspecified atom stereocenters. The molecule has 86 valence electrons. The van der Waals surface area contributed by atoms with E-state index in [0.29, 0.717) is 17.3 Å². The second kappa shape index (κ2) is 4.52. The molecule has 1 nitrogen and oxygen atoms in total. The molecule has 0 spiro atoms. The lowest BCUT2D eigenvalue weighted by Crippen LogP contribution is -2.33. The summed E-state index contributed by atoms with van der Waals surface area (Å²) >= 11 is 0. The van der Waals surface area contributed by atoms with Gasteiger partial charge in [0.15, 0.2) is 0 Å². The van der Waals surface area contributed by atoms with Crippen molar-refractivity contribution in [3.8, 4) is 0 Å². The van der Waals surface area contributed by atoms with Gasteiger partial charge in [0.2, 0.25) is 0 Å². The van der Waals surface area contributed by atoms with Crippen LogP contribution in [0.1, 0.15) is 41.0 Å². The quantitative estimate of drug-likeness (QED) is 0.688. The number of aliphatic hydroxyl groups is 1. The van der Waals surface area contributed by atoms with Crippen LogP contribution in [-0.2, 0) is 0 Å². The monoisotopic (exact) mass is 208 g/mol. The van der Waals surface area contributed by atoms with E-state index in [9.17, 15) is 5.11 Å². The maximum atomic E-state index is 9.30. The van der Waals surface area contributed by atoms with E-state index in [4.69, 9.17) is 0 Å². The molecule has 1 heteroatoms. The topological polar surface area (TPSA) is 20.2 Å². The molecule has 0 saturated carbocycles. The van der Waals surface area contributed by atoms with Gasteiger partial charge in [-0.2, -0.15) is 0 Å². The van der Waals surface area contributed by atoms with Crippen LogP contribution in [0.3, 0.4) is 0 Å². The summed E-state index contributed by atoms with van der Waals surface area (Å²) in [5.41, 5.74) is 1.74. The van der Waals surface area contributed by atoms with Crippen LogP contribution in [0.5, 0.6) is 0 Å². The fourth-order valence-electron chi connectivity index (χ4n) is 2.36. The highest BCUT2D eigenvalue weighted by atomic mass is 16.3. The third-order valence-electron chi connectivity index (χ3n) is 3.94. The Balaban J connectivity index is 2.92. The maximum Gasteiger partial charge on any atom is 0.0692 e. The van der Waals surface area contributed by atoms with Gasteiger partial charge in [0, 0.05) is 5.92 Å². The lowest BCUT2D eigenvalue weighted by atomic mass is 9.63. The van der Waals surface area contributed by atoms with Gasteiger partial charge in [-0.3, -0.25) is 0 Å². The molecule has 0 radical (unpaired) electrons. The number of rotatable bonds is 2. The van der Waals surface area contributed by atoms with Crippen LogP contribution in [0.2, 0.25) is 0 Å². The minimum atomic E-state index is -0.342. The minimum Gasteiger partial charge on any atom is -0.389 e. The van der Waals surface area contributed by atoms with E-state index < -0.39 is 0 Å². The van der Waals surface area contributed by atoms with Crippen molar-refractivity contribution in [3.63, 3.8) is 0 Å². The first-order valence-corrected chi connectivity index (χ1v) is 5.88. The van der Waals surface area contributed by atoms with Crippen LogP contribution in [-0.4, -0.2) is 11.2 Å². The van der Waals surface area contributed by atoms with Crippen LogP contribution in [0.25, 0.3) is 0 Å². The second-order valence-corrected chi connectivity index (χ2v) is 5.51. The highest BCUT2D eigenvalue weighted by Gasteiger charge is 2.36. The van der Waals surface area contributed by atoms with Gasteiger partial charge >= 0.3 is 0 Å². The summed E-state index contributed by atoms with van der Waals surface area (Å²) in [4.78, 5) is 0. The Morgan fingerprint density at radius 3 is 2.67 bits per heavy atom. The number of hydrogen-bond donors (Lipinski definition) is 1. The Bertz CT molecular complexity index is 271. The molecule has 0 amide bonds. The Hall–Kier alpha value is -0.560. The third-order valence-corrected chi connectivity index (χ3v) is 3.94. The number of allylic oxidation sites excluding steroid dienone is 3. The largest absolute Gasteiger partial charge is 0.389 e. The molecule has 0 aromatic rings. The molecule has 1 aliphatic rings. The molecule has 1 aliphatic carbocycles. The lowest BCUT2D eigenvalue weighted by molar-refractivity contribution is 0.166. The zero-order valence-electron chi connectivity index (χ0n) is 10.6. The van der Waals surface area contributed by atoms with Gasteiger partial charge in [0.25, 0.3) is 0 Å². The maximum absolute atomic E-state index is 9.30. The van der Waals surface area contributed by atoms with E-state index in [-0.39, 0.29) is 6.10 Å². The molecule has 0 saturated heterocycles. The fourth-order valence-corrected chi connectivity index (χ4v) is 2.36. The first-order valence-electron chi connectivity index (χ1n) is 5.88. The summed E-state index contributed by atoms with van der Waals surface area (Å²) in [5, 5.41) is 9.30.